The van der Waals surface area contributed by atoms with Gasteiger partial charge in [-0.25, -0.2) is 0 Å². The van der Waals surface area contributed by atoms with Crippen LogP contribution >= 0.6 is 9.24 Å². The third-order valence-electron chi connectivity index (χ3n) is 4.39. The molecule has 17 heavy (non-hydrogen) atoms. The Morgan fingerprint density at radius 2 is 2.18 bits per heavy atom. The SMILES string of the molecule is CC1=C(/C=C/CO)C(C)C2C1C(=O)C2C(C)P. The summed E-state index contributed by atoms with van der Waals surface area (Å²) in [5.74, 6) is 1.68. The average Bonchev–Trinajstić information content (AvgIpc) is 2.44. The van der Waals surface area contributed by atoms with Gasteiger partial charge in [0.1, 0.15) is 5.78 Å². The number of fused-ring (bicyclic) bond motifs is 1. The van der Waals surface area contributed by atoms with Crippen LogP contribution in [0.2, 0.25) is 0 Å². The normalized spacial score (nSPS) is 38.5. The molecule has 0 saturated heterocycles. The first-order valence-corrected chi connectivity index (χ1v) is 6.94. The molecular weight excluding hydrogens is 231 g/mol. The highest BCUT2D eigenvalue weighted by Gasteiger charge is 2.57. The molecule has 0 spiro atoms. The van der Waals surface area contributed by atoms with Crippen molar-refractivity contribution in [2.24, 2.45) is 23.7 Å². The molecule has 2 aliphatic carbocycles. The second-order valence-electron chi connectivity index (χ2n) is 5.35. The molecule has 2 rings (SSSR count). The van der Waals surface area contributed by atoms with Crippen molar-refractivity contribution in [3.05, 3.63) is 23.3 Å². The second kappa shape index (κ2) is 4.66. The van der Waals surface area contributed by atoms with Gasteiger partial charge in [-0.2, -0.15) is 0 Å². The number of carbonyl (C=O) groups is 1. The van der Waals surface area contributed by atoms with E-state index in [2.05, 4.69) is 30.0 Å². The Balaban J connectivity index is 2.26. The summed E-state index contributed by atoms with van der Waals surface area (Å²) in [6.45, 7) is 6.45. The molecule has 0 amide bonds. The molecule has 0 aromatic heterocycles. The molecule has 2 nitrogen and oxygen atoms in total. The first kappa shape index (κ1) is 13.0. The van der Waals surface area contributed by atoms with E-state index in [1.54, 1.807) is 6.08 Å². The van der Waals surface area contributed by atoms with Gasteiger partial charge >= 0.3 is 0 Å². The zero-order valence-electron chi connectivity index (χ0n) is 10.7. The number of hydrogen-bond acceptors (Lipinski definition) is 2. The van der Waals surface area contributed by atoms with Crippen LogP contribution in [0.3, 0.4) is 0 Å². The quantitative estimate of drug-likeness (QED) is 0.782. The van der Waals surface area contributed by atoms with E-state index in [0.29, 0.717) is 23.3 Å². The Morgan fingerprint density at radius 1 is 1.53 bits per heavy atom. The first-order valence-electron chi connectivity index (χ1n) is 6.28. The monoisotopic (exact) mass is 252 g/mol. The summed E-state index contributed by atoms with van der Waals surface area (Å²) >= 11 is 0. The third-order valence-corrected chi connectivity index (χ3v) is 4.81. The Kier molecular flexibility index (Phi) is 3.56. The number of ketones is 1. The molecule has 0 aromatic rings. The van der Waals surface area contributed by atoms with Gasteiger partial charge in [0, 0.05) is 11.8 Å². The van der Waals surface area contributed by atoms with E-state index in [1.165, 1.54) is 11.1 Å². The molecule has 0 radical (unpaired) electrons. The predicted octanol–water partition coefficient (Wildman–Crippen LogP) is 2.20. The highest BCUT2D eigenvalue weighted by molar-refractivity contribution is 7.17. The van der Waals surface area contributed by atoms with Crippen LogP contribution in [0.15, 0.2) is 23.3 Å². The average molecular weight is 252 g/mol. The molecule has 6 atom stereocenters. The maximum Gasteiger partial charge on any atom is 0.144 e. The number of rotatable bonds is 3. The highest BCUT2D eigenvalue weighted by Crippen LogP contribution is 2.56. The fraction of sp³-hybridized carbons (Fsp3) is 0.643. The van der Waals surface area contributed by atoms with Gasteiger partial charge in [-0.3, -0.25) is 4.79 Å². The number of carbonyl (C=O) groups excluding carboxylic acids is 1. The number of aliphatic hydroxyl groups excluding tert-OH is 1. The van der Waals surface area contributed by atoms with Crippen LogP contribution in [0.4, 0.5) is 0 Å². The lowest BCUT2D eigenvalue weighted by Crippen LogP contribution is -2.51. The summed E-state index contributed by atoms with van der Waals surface area (Å²) in [5, 5.41) is 8.86. The van der Waals surface area contributed by atoms with Gasteiger partial charge in [-0.15, -0.1) is 9.24 Å². The minimum atomic E-state index is 0.0657. The zero-order valence-corrected chi connectivity index (χ0v) is 11.8. The zero-order chi connectivity index (χ0) is 12.7. The summed E-state index contributed by atoms with van der Waals surface area (Å²) in [5.41, 5.74) is 2.84. The van der Waals surface area contributed by atoms with Gasteiger partial charge in [0.2, 0.25) is 0 Å². The van der Waals surface area contributed by atoms with Crippen molar-refractivity contribution >= 4 is 15.0 Å². The van der Waals surface area contributed by atoms with Crippen molar-refractivity contribution in [3.63, 3.8) is 0 Å². The number of aliphatic hydroxyl groups is 1. The molecule has 1 fully saturated rings. The Morgan fingerprint density at radius 3 is 2.71 bits per heavy atom. The maximum absolute atomic E-state index is 12.1. The van der Waals surface area contributed by atoms with E-state index < -0.39 is 0 Å². The number of Topliss-reactive ketones (excluding diaryl/α,β-unsaturated/α-hetero) is 1. The van der Waals surface area contributed by atoms with E-state index in [1.807, 2.05) is 6.08 Å². The van der Waals surface area contributed by atoms with Crippen LogP contribution in [-0.2, 0) is 4.79 Å². The molecule has 0 aliphatic heterocycles. The fourth-order valence-corrected chi connectivity index (χ4v) is 4.04. The predicted molar refractivity (Wildman–Crippen MR) is 72.7 cm³/mol. The van der Waals surface area contributed by atoms with Crippen LogP contribution in [-0.4, -0.2) is 23.2 Å². The van der Waals surface area contributed by atoms with E-state index in [-0.39, 0.29) is 18.4 Å². The van der Waals surface area contributed by atoms with Gasteiger partial charge in [-0.1, -0.05) is 31.6 Å². The van der Waals surface area contributed by atoms with Crippen molar-refractivity contribution in [2.45, 2.75) is 26.4 Å². The second-order valence-corrected chi connectivity index (χ2v) is 6.41. The van der Waals surface area contributed by atoms with Crippen molar-refractivity contribution in [2.75, 3.05) is 6.61 Å². The molecule has 3 heteroatoms. The molecule has 1 saturated carbocycles. The summed E-state index contributed by atoms with van der Waals surface area (Å²) in [4.78, 5) is 12.1. The Labute approximate surface area is 105 Å². The minimum absolute atomic E-state index is 0.0657. The lowest BCUT2D eigenvalue weighted by molar-refractivity contribution is -0.140. The maximum atomic E-state index is 12.1. The topological polar surface area (TPSA) is 37.3 Å². The van der Waals surface area contributed by atoms with Crippen LogP contribution in [0.5, 0.6) is 0 Å². The summed E-state index contributed by atoms with van der Waals surface area (Å²) < 4.78 is 0. The number of hydrogen-bond donors (Lipinski definition) is 1. The first-order chi connectivity index (χ1) is 8.00. The fourth-order valence-electron chi connectivity index (χ4n) is 3.60. The minimum Gasteiger partial charge on any atom is -0.392 e. The molecule has 1 N–H and O–H groups in total. The summed E-state index contributed by atoms with van der Waals surface area (Å²) in [7, 11) is 2.77. The van der Waals surface area contributed by atoms with Gasteiger partial charge in [-0.05, 0) is 30.0 Å². The Bertz CT molecular complexity index is 395. The Hall–Kier alpha value is -0.460. The van der Waals surface area contributed by atoms with Crippen molar-refractivity contribution in [1.29, 1.82) is 0 Å². The van der Waals surface area contributed by atoms with E-state index in [9.17, 15) is 4.79 Å². The third kappa shape index (κ3) is 1.82. The molecule has 0 aromatic carbocycles. The van der Waals surface area contributed by atoms with Gasteiger partial charge in [0.05, 0.1) is 6.61 Å². The summed E-state index contributed by atoms with van der Waals surface area (Å²) in [6.07, 6.45) is 3.76. The highest BCUT2D eigenvalue weighted by atomic mass is 31.0. The van der Waals surface area contributed by atoms with Crippen molar-refractivity contribution in [3.8, 4) is 0 Å². The summed E-state index contributed by atoms with van der Waals surface area (Å²) in [6, 6.07) is 0. The van der Waals surface area contributed by atoms with Crippen LogP contribution in [0.25, 0.3) is 0 Å². The molecular formula is C14H21O2P. The van der Waals surface area contributed by atoms with E-state index in [0.717, 1.165) is 0 Å². The molecule has 0 bridgehead atoms. The van der Waals surface area contributed by atoms with Gasteiger partial charge < -0.3 is 5.11 Å². The van der Waals surface area contributed by atoms with Crippen LogP contribution in [0.1, 0.15) is 20.8 Å². The van der Waals surface area contributed by atoms with Crippen molar-refractivity contribution in [1.82, 2.24) is 0 Å². The molecule has 94 valence electrons. The van der Waals surface area contributed by atoms with E-state index in [4.69, 9.17) is 5.11 Å². The van der Waals surface area contributed by atoms with Crippen molar-refractivity contribution < 1.29 is 9.90 Å². The van der Waals surface area contributed by atoms with Gasteiger partial charge in [0.15, 0.2) is 0 Å². The largest absolute Gasteiger partial charge is 0.392 e. The smallest absolute Gasteiger partial charge is 0.144 e. The molecule has 2 aliphatic rings. The lowest BCUT2D eigenvalue weighted by atomic mass is 9.60. The molecule has 0 heterocycles. The number of allylic oxidation sites excluding steroid dienone is 3. The standard InChI is InChI=1S/C14H21O2P/c1-7-10(5-4-6-15)8(2)12-11(7)13(9(3)17)14(12)16/h4-5,7,9,11-13,15H,6,17H2,1-3H3/b5-4+. The van der Waals surface area contributed by atoms with Crippen LogP contribution < -0.4 is 0 Å². The lowest BCUT2D eigenvalue weighted by Gasteiger charge is -2.44. The van der Waals surface area contributed by atoms with Gasteiger partial charge in [0.25, 0.3) is 0 Å². The molecule has 6 unspecified atom stereocenters. The van der Waals surface area contributed by atoms with Crippen LogP contribution in [0, 0.1) is 23.7 Å². The van der Waals surface area contributed by atoms with E-state index >= 15 is 0 Å².